The molecule has 0 saturated carbocycles. The van der Waals surface area contributed by atoms with Gasteiger partial charge in [-0.15, -0.1) is 22.7 Å². The summed E-state index contributed by atoms with van der Waals surface area (Å²) in [6, 6.07) is 15.1. The molecule has 1 atom stereocenters. The Hall–Kier alpha value is -3.38. The molecule has 4 aromatic rings. The van der Waals surface area contributed by atoms with Crippen LogP contribution in [-0.2, 0) is 4.79 Å². The van der Waals surface area contributed by atoms with Crippen LogP contribution < -0.4 is 10.2 Å². The van der Waals surface area contributed by atoms with E-state index in [0.29, 0.717) is 41.0 Å². The molecule has 1 aromatic carbocycles. The zero-order valence-corrected chi connectivity index (χ0v) is 23.1. The molecule has 39 heavy (non-hydrogen) atoms. The molecule has 1 fully saturated rings. The molecule has 1 aliphatic heterocycles. The number of anilines is 1. The number of benzene rings is 1. The normalized spacial score (nSPS) is 15.8. The Balaban J connectivity index is 1.30. The molecule has 1 saturated heterocycles. The summed E-state index contributed by atoms with van der Waals surface area (Å²) in [7, 11) is 0. The predicted molar refractivity (Wildman–Crippen MR) is 153 cm³/mol. The molecule has 1 aliphatic rings. The van der Waals surface area contributed by atoms with Crippen molar-refractivity contribution in [2.45, 2.75) is 31.7 Å². The Morgan fingerprint density at radius 1 is 1.13 bits per heavy atom. The molecule has 0 aliphatic carbocycles. The number of carbonyl (C=O) groups excluding carboxylic acids is 2. The third kappa shape index (κ3) is 6.62. The average Bonchev–Trinajstić information content (AvgIpc) is 3.76. The number of amides is 2. The standard InChI is InChI=1S/C28H31N5O4S2/c34-16-12-29-26(35)23-10-4-5-13-32(23)14-7-15-33(27(36)25-11-6-17-38-25)28-30-22(19-39-28)24-18-21(31-37-24)20-8-2-1-3-9-20/h1-3,6,8-9,11,17-19,23,34H,4-5,7,10,12-16H2,(H,29,35)/t23-/m0/s1. The first-order chi connectivity index (χ1) is 19.1. The van der Waals surface area contributed by atoms with Crippen LogP contribution in [0.15, 0.2) is 63.8 Å². The molecule has 0 radical (unpaired) electrons. The van der Waals surface area contributed by atoms with Gasteiger partial charge in [0.05, 0.1) is 17.5 Å². The molecule has 3 aromatic heterocycles. The van der Waals surface area contributed by atoms with Crippen LogP contribution >= 0.6 is 22.7 Å². The number of nitrogens with zero attached hydrogens (tertiary/aromatic N) is 4. The van der Waals surface area contributed by atoms with Crippen LogP contribution in [0.3, 0.4) is 0 Å². The van der Waals surface area contributed by atoms with Crippen molar-refractivity contribution in [1.82, 2.24) is 20.4 Å². The molecule has 11 heteroatoms. The minimum Gasteiger partial charge on any atom is -0.395 e. The summed E-state index contributed by atoms with van der Waals surface area (Å²) in [5.74, 6) is 0.413. The van der Waals surface area contributed by atoms with Gasteiger partial charge in [-0.05, 0) is 37.3 Å². The van der Waals surface area contributed by atoms with Crippen molar-refractivity contribution in [3.8, 4) is 22.7 Å². The van der Waals surface area contributed by atoms with Gasteiger partial charge in [0.15, 0.2) is 10.9 Å². The monoisotopic (exact) mass is 565 g/mol. The van der Waals surface area contributed by atoms with E-state index >= 15 is 0 Å². The van der Waals surface area contributed by atoms with Gasteiger partial charge in [0.2, 0.25) is 5.91 Å². The number of hydrogen-bond acceptors (Lipinski definition) is 9. The van der Waals surface area contributed by atoms with Crippen molar-refractivity contribution >= 4 is 39.6 Å². The van der Waals surface area contributed by atoms with Gasteiger partial charge in [0.1, 0.15) is 11.4 Å². The highest BCUT2D eigenvalue weighted by atomic mass is 32.1. The van der Waals surface area contributed by atoms with E-state index in [1.807, 2.05) is 59.3 Å². The number of aliphatic hydroxyl groups excluding tert-OH is 1. The van der Waals surface area contributed by atoms with E-state index in [0.717, 1.165) is 37.1 Å². The van der Waals surface area contributed by atoms with Gasteiger partial charge < -0.3 is 14.9 Å². The molecule has 2 amide bonds. The van der Waals surface area contributed by atoms with Crippen LogP contribution in [0.4, 0.5) is 5.13 Å². The molecule has 4 heterocycles. The Kier molecular flexibility index (Phi) is 9.15. The van der Waals surface area contributed by atoms with Gasteiger partial charge in [-0.25, -0.2) is 4.98 Å². The van der Waals surface area contributed by atoms with Crippen molar-refractivity contribution in [2.24, 2.45) is 0 Å². The number of aromatic nitrogens is 2. The van der Waals surface area contributed by atoms with Crippen molar-refractivity contribution in [2.75, 3.05) is 37.7 Å². The van der Waals surface area contributed by atoms with E-state index in [9.17, 15) is 9.59 Å². The summed E-state index contributed by atoms with van der Waals surface area (Å²) in [5.41, 5.74) is 2.31. The van der Waals surface area contributed by atoms with Crippen molar-refractivity contribution in [3.05, 3.63) is 64.2 Å². The van der Waals surface area contributed by atoms with Crippen LogP contribution in [0.5, 0.6) is 0 Å². The number of aliphatic hydroxyl groups is 1. The molecule has 0 unspecified atom stereocenters. The first-order valence-corrected chi connectivity index (χ1v) is 14.9. The summed E-state index contributed by atoms with van der Waals surface area (Å²) in [4.78, 5) is 35.4. The molecular formula is C28H31N5O4S2. The van der Waals surface area contributed by atoms with E-state index in [4.69, 9.17) is 14.6 Å². The maximum atomic E-state index is 13.5. The Morgan fingerprint density at radius 2 is 2.00 bits per heavy atom. The van der Waals surface area contributed by atoms with E-state index in [1.54, 1.807) is 4.90 Å². The third-order valence-corrected chi connectivity index (χ3v) is 8.41. The van der Waals surface area contributed by atoms with Crippen LogP contribution in [0.2, 0.25) is 0 Å². The van der Waals surface area contributed by atoms with E-state index in [2.05, 4.69) is 15.4 Å². The lowest BCUT2D eigenvalue weighted by molar-refractivity contribution is -0.127. The van der Waals surface area contributed by atoms with Gasteiger partial charge in [-0.2, -0.15) is 0 Å². The van der Waals surface area contributed by atoms with Crippen molar-refractivity contribution in [3.63, 3.8) is 0 Å². The maximum absolute atomic E-state index is 13.5. The lowest BCUT2D eigenvalue weighted by Crippen LogP contribution is -2.50. The smallest absolute Gasteiger partial charge is 0.270 e. The van der Waals surface area contributed by atoms with E-state index in [1.165, 1.54) is 22.7 Å². The zero-order chi connectivity index (χ0) is 27.0. The number of likely N-dealkylation sites (tertiary alicyclic amines) is 1. The highest BCUT2D eigenvalue weighted by molar-refractivity contribution is 7.14. The summed E-state index contributed by atoms with van der Waals surface area (Å²) < 4.78 is 5.59. The lowest BCUT2D eigenvalue weighted by atomic mass is 10.0. The number of thiazole rings is 1. The fourth-order valence-electron chi connectivity index (χ4n) is 4.74. The first kappa shape index (κ1) is 27.2. The van der Waals surface area contributed by atoms with Gasteiger partial charge >= 0.3 is 0 Å². The SMILES string of the molecule is O=C(NCCO)[C@@H]1CCCCN1CCCN(C(=O)c1cccs1)c1nc(-c2cc(-c3ccccc3)no2)cs1. The number of piperidine rings is 1. The number of rotatable bonds is 11. The lowest BCUT2D eigenvalue weighted by Gasteiger charge is -2.35. The molecule has 0 spiro atoms. The highest BCUT2D eigenvalue weighted by Crippen LogP contribution is 2.31. The second kappa shape index (κ2) is 13.1. The second-order valence-corrected chi connectivity index (χ2v) is 11.1. The minimum atomic E-state index is -0.205. The number of thiophene rings is 1. The van der Waals surface area contributed by atoms with E-state index < -0.39 is 0 Å². The predicted octanol–water partition coefficient (Wildman–Crippen LogP) is 4.53. The molecule has 0 bridgehead atoms. The van der Waals surface area contributed by atoms with Crippen LogP contribution in [0, 0.1) is 0 Å². The summed E-state index contributed by atoms with van der Waals surface area (Å²) in [6.45, 7) is 2.18. The quantitative estimate of drug-likeness (QED) is 0.275. The largest absolute Gasteiger partial charge is 0.395 e. The van der Waals surface area contributed by atoms with Crippen LogP contribution in [-0.4, -0.2) is 70.8 Å². The highest BCUT2D eigenvalue weighted by Gasteiger charge is 2.29. The van der Waals surface area contributed by atoms with Crippen LogP contribution in [0.1, 0.15) is 35.4 Å². The third-order valence-electron chi connectivity index (χ3n) is 6.69. The van der Waals surface area contributed by atoms with Crippen molar-refractivity contribution < 1.29 is 19.2 Å². The Bertz CT molecular complexity index is 1360. The fourth-order valence-corrected chi connectivity index (χ4v) is 6.25. The summed E-state index contributed by atoms with van der Waals surface area (Å²) in [5, 5.41) is 20.4. The van der Waals surface area contributed by atoms with Gasteiger partial charge in [0, 0.05) is 36.6 Å². The molecule has 2 N–H and O–H groups in total. The number of carbonyl (C=O) groups is 2. The Labute approximate surface area is 235 Å². The molecular weight excluding hydrogens is 534 g/mol. The van der Waals surface area contributed by atoms with Gasteiger partial charge in [-0.3, -0.25) is 19.4 Å². The topological polar surface area (TPSA) is 112 Å². The summed E-state index contributed by atoms with van der Waals surface area (Å²) in [6.07, 6.45) is 3.54. The first-order valence-electron chi connectivity index (χ1n) is 13.1. The minimum absolute atomic E-state index is 0.0400. The Morgan fingerprint density at radius 3 is 2.79 bits per heavy atom. The summed E-state index contributed by atoms with van der Waals surface area (Å²) >= 11 is 2.80. The van der Waals surface area contributed by atoms with Gasteiger partial charge in [-0.1, -0.05) is 48.0 Å². The second-order valence-electron chi connectivity index (χ2n) is 9.31. The number of hydrogen-bond donors (Lipinski definition) is 2. The molecule has 204 valence electrons. The zero-order valence-electron chi connectivity index (χ0n) is 21.5. The molecule has 9 nitrogen and oxygen atoms in total. The van der Waals surface area contributed by atoms with Crippen LogP contribution in [0.25, 0.3) is 22.7 Å². The van der Waals surface area contributed by atoms with Gasteiger partial charge in [0.25, 0.3) is 5.91 Å². The average molecular weight is 566 g/mol. The number of nitrogens with one attached hydrogen (secondary N) is 1. The van der Waals surface area contributed by atoms with Crippen molar-refractivity contribution in [1.29, 1.82) is 0 Å². The van der Waals surface area contributed by atoms with E-state index in [-0.39, 0.29) is 31.0 Å². The maximum Gasteiger partial charge on any atom is 0.270 e. The molecule has 5 rings (SSSR count). The fraction of sp³-hybridized carbons (Fsp3) is 0.357.